The maximum absolute atomic E-state index is 14.1. The molecule has 0 bridgehead atoms. The number of nitrogens with zero attached hydrogens (tertiary/aromatic N) is 12. The zero-order valence-corrected chi connectivity index (χ0v) is 57.3. The predicted octanol–water partition coefficient (Wildman–Crippen LogP) is 12.3. The van der Waals surface area contributed by atoms with Gasteiger partial charge in [0.05, 0.1) is 25.7 Å². The van der Waals surface area contributed by atoms with Crippen molar-refractivity contribution in [3.8, 4) is 0 Å². The Balaban J connectivity index is 0.000000223. The van der Waals surface area contributed by atoms with Gasteiger partial charge in [-0.2, -0.15) is 0 Å². The number of carbonyl (C=O) groups excluding carboxylic acids is 6. The number of aryl methyl sites for hydroxylation is 8. The molecule has 0 aliphatic rings. The SMILES string of the molecule is CC(=O)Cc1nnc(CCCCc2nnc(NC(C)=O)s2)s1.CC(C)(C)CC(=O)Cc1nnc(CCCCc2nnc(NC(=O)CC(C)(C)C)s2)s1.Cc1cccc(CC(=O)Cc2nnc(CCCCc3nnc(NC(=O)Cc4cccc(C)c4F)s3)s2)c1F. The van der Waals surface area contributed by atoms with Gasteiger partial charge < -0.3 is 16.0 Å². The van der Waals surface area contributed by atoms with Crippen LogP contribution in [0.2, 0.25) is 0 Å². The lowest BCUT2D eigenvalue weighted by Crippen LogP contribution is -2.19. The van der Waals surface area contributed by atoms with Gasteiger partial charge in [0.25, 0.3) is 0 Å². The highest BCUT2D eigenvalue weighted by molar-refractivity contribution is 7.16. The Labute approximate surface area is 547 Å². The van der Waals surface area contributed by atoms with Crippen molar-refractivity contribution in [2.75, 3.05) is 16.0 Å². The normalized spacial score (nSPS) is 11.3. The van der Waals surface area contributed by atoms with Gasteiger partial charge in [-0.1, -0.05) is 112 Å². The molecular formula is C61H77F2N15O6S6. The Morgan fingerprint density at radius 3 is 1.11 bits per heavy atom. The molecule has 0 radical (unpaired) electrons. The molecule has 0 saturated heterocycles. The van der Waals surface area contributed by atoms with E-state index in [2.05, 4.69) is 97.9 Å². The van der Waals surface area contributed by atoms with Crippen molar-refractivity contribution in [1.82, 2.24) is 61.2 Å². The Morgan fingerprint density at radius 2 is 0.722 bits per heavy atom. The molecule has 29 heteroatoms. The number of anilines is 3. The second-order valence-electron chi connectivity index (χ2n) is 23.9. The molecule has 0 fully saturated rings. The molecule has 0 unspecified atom stereocenters. The molecule has 6 heterocycles. The van der Waals surface area contributed by atoms with Crippen LogP contribution in [-0.4, -0.2) is 96.3 Å². The highest BCUT2D eigenvalue weighted by atomic mass is 32.1. The number of ketones is 3. The van der Waals surface area contributed by atoms with E-state index in [-0.39, 0.29) is 76.8 Å². The first-order valence-electron chi connectivity index (χ1n) is 29.5. The van der Waals surface area contributed by atoms with Gasteiger partial charge in [-0.05, 0) is 92.4 Å². The number of halogens is 2. The van der Waals surface area contributed by atoms with Crippen molar-refractivity contribution in [3.63, 3.8) is 0 Å². The summed E-state index contributed by atoms with van der Waals surface area (Å²) in [5, 5.41) is 66.4. The number of rotatable bonds is 30. The topological polar surface area (TPSA) is 293 Å². The molecule has 6 aromatic heterocycles. The van der Waals surface area contributed by atoms with Crippen LogP contribution in [0.3, 0.4) is 0 Å². The molecule has 2 aromatic carbocycles. The lowest BCUT2D eigenvalue weighted by atomic mass is 9.89. The fourth-order valence-electron chi connectivity index (χ4n) is 8.56. The van der Waals surface area contributed by atoms with Crippen molar-refractivity contribution in [2.45, 2.75) is 191 Å². The fraction of sp³-hybridized carbons (Fsp3) is 0.508. The molecule has 0 aliphatic heterocycles. The molecule has 0 atom stereocenters. The van der Waals surface area contributed by atoms with E-state index in [0.717, 1.165) is 111 Å². The first kappa shape index (κ1) is 72.1. The van der Waals surface area contributed by atoms with E-state index in [4.69, 9.17) is 0 Å². The number of nitrogens with one attached hydrogen (secondary N) is 3. The number of hydrogen-bond acceptors (Lipinski definition) is 24. The summed E-state index contributed by atoms with van der Waals surface area (Å²) < 4.78 is 28.3. The van der Waals surface area contributed by atoms with E-state index in [1.54, 1.807) is 57.2 Å². The Kier molecular flexibility index (Phi) is 28.6. The molecule has 8 aromatic rings. The first-order valence-corrected chi connectivity index (χ1v) is 34.4. The number of benzene rings is 2. The van der Waals surface area contributed by atoms with E-state index in [1.165, 1.54) is 74.9 Å². The Morgan fingerprint density at radius 1 is 0.389 bits per heavy atom. The van der Waals surface area contributed by atoms with Crippen LogP contribution in [0.4, 0.5) is 24.2 Å². The van der Waals surface area contributed by atoms with Crippen molar-refractivity contribution >= 4 is 118 Å². The predicted molar refractivity (Wildman–Crippen MR) is 351 cm³/mol. The summed E-state index contributed by atoms with van der Waals surface area (Å²) >= 11 is 8.57. The van der Waals surface area contributed by atoms with Gasteiger partial charge >= 0.3 is 0 Å². The maximum Gasteiger partial charge on any atom is 0.230 e. The number of unbranched alkanes of at least 4 members (excludes halogenated alkanes) is 3. The van der Waals surface area contributed by atoms with E-state index in [0.29, 0.717) is 74.8 Å². The van der Waals surface area contributed by atoms with Gasteiger partial charge in [-0.25, -0.2) is 8.78 Å². The van der Waals surface area contributed by atoms with Crippen molar-refractivity contribution in [3.05, 3.63) is 115 Å². The highest BCUT2D eigenvalue weighted by Crippen LogP contribution is 2.26. The van der Waals surface area contributed by atoms with E-state index >= 15 is 0 Å². The summed E-state index contributed by atoms with van der Waals surface area (Å²) in [6.07, 6.45) is 12.2. The monoisotopic (exact) mass is 1350 g/mol. The molecule has 21 nitrogen and oxygen atoms in total. The van der Waals surface area contributed by atoms with Crippen LogP contribution < -0.4 is 16.0 Å². The molecule has 3 N–H and O–H groups in total. The van der Waals surface area contributed by atoms with Gasteiger partial charge in [-0.3, -0.25) is 28.8 Å². The van der Waals surface area contributed by atoms with E-state index < -0.39 is 0 Å². The molecule has 8 rings (SSSR count). The lowest BCUT2D eigenvalue weighted by Gasteiger charge is -2.16. The van der Waals surface area contributed by atoms with Crippen LogP contribution in [0.15, 0.2) is 36.4 Å². The van der Waals surface area contributed by atoms with Crippen LogP contribution in [-0.2, 0) is 99.4 Å². The summed E-state index contributed by atoms with van der Waals surface area (Å²) in [6, 6.07) is 10.0. The van der Waals surface area contributed by atoms with Crippen molar-refractivity contribution in [1.29, 1.82) is 0 Å². The zero-order valence-electron chi connectivity index (χ0n) is 52.4. The summed E-state index contributed by atoms with van der Waals surface area (Å²) in [4.78, 5) is 70.6. The van der Waals surface area contributed by atoms with Gasteiger partial charge in [0.1, 0.15) is 74.1 Å². The average Bonchev–Trinajstić information content (AvgIpc) is 2.49. The van der Waals surface area contributed by atoms with Crippen LogP contribution in [0.1, 0.15) is 174 Å². The second kappa shape index (κ2) is 35.6. The van der Waals surface area contributed by atoms with Gasteiger partial charge in [0.15, 0.2) is 0 Å². The molecule has 3 amide bonds. The van der Waals surface area contributed by atoms with Gasteiger partial charge in [0, 0.05) is 64.7 Å². The summed E-state index contributed by atoms with van der Waals surface area (Å²) in [7, 11) is 0. The minimum absolute atomic E-state index is 0.00451. The number of carbonyl (C=O) groups is 6. The van der Waals surface area contributed by atoms with Gasteiger partial charge in [0.2, 0.25) is 33.1 Å². The smallest absolute Gasteiger partial charge is 0.230 e. The molecule has 0 spiro atoms. The third-order valence-corrected chi connectivity index (χ3v) is 18.2. The average molecular weight is 1350 g/mol. The summed E-state index contributed by atoms with van der Waals surface area (Å²) in [5.74, 6) is -0.986. The second-order valence-corrected chi connectivity index (χ2v) is 30.5. The quantitative estimate of drug-likeness (QED) is 0.0352. The Hall–Kier alpha value is -6.92. The van der Waals surface area contributed by atoms with Crippen LogP contribution in [0, 0.1) is 36.3 Å². The summed E-state index contributed by atoms with van der Waals surface area (Å²) in [6.45, 7) is 18.6. The molecule has 0 saturated carbocycles. The number of aromatic nitrogens is 12. The molecular weight excluding hydrogens is 1270 g/mol. The van der Waals surface area contributed by atoms with Crippen LogP contribution in [0.5, 0.6) is 0 Å². The van der Waals surface area contributed by atoms with E-state index in [9.17, 15) is 37.5 Å². The third kappa shape index (κ3) is 27.3. The third-order valence-electron chi connectivity index (χ3n) is 12.6. The van der Waals surface area contributed by atoms with Crippen LogP contribution in [0.25, 0.3) is 0 Å². The lowest BCUT2D eigenvalue weighted by molar-refractivity contribution is -0.120. The molecule has 0 aliphatic carbocycles. The minimum atomic E-state index is -0.368. The highest BCUT2D eigenvalue weighted by Gasteiger charge is 2.21. The van der Waals surface area contributed by atoms with Gasteiger partial charge in [-0.15, -0.1) is 95.2 Å². The largest absolute Gasteiger partial charge is 0.301 e. The summed E-state index contributed by atoms with van der Waals surface area (Å²) in [5.41, 5.74) is 1.72. The van der Waals surface area contributed by atoms with Crippen molar-refractivity contribution in [2.24, 2.45) is 10.8 Å². The number of hydrogen-bond donors (Lipinski definition) is 3. The molecule has 482 valence electrons. The fourth-order valence-corrected chi connectivity index (χ4v) is 13.8. The Bertz CT molecular complexity index is 3420. The minimum Gasteiger partial charge on any atom is -0.301 e. The molecule has 90 heavy (non-hydrogen) atoms. The first-order chi connectivity index (χ1) is 42.7. The van der Waals surface area contributed by atoms with Crippen molar-refractivity contribution < 1.29 is 37.5 Å². The van der Waals surface area contributed by atoms with E-state index in [1.807, 2.05) is 20.8 Å². The number of amides is 3. The standard InChI is InChI=1S/C27H27F2N5O2S2.C21H33N5O2S2.C13H17N5O2S2/c1-16-7-5-9-18(25(16)28)13-20(35)15-24-33-31-22(37-24)11-3-4-12-23-32-34-27(38-23)30-21(36)14-19-10-6-8-17(2)26(19)29;1-20(2,3)12-14(27)11-18-25-23-16(29-18)9-7-8-10-17-24-26-19(30-17)22-15(28)13-21(4,5)6;1-8(19)7-12-17-15-10(21-12)5-3-4-6-11-16-18-13(22-11)14-9(2)20/h5-10H,3-4,11-15H2,1-2H3,(H,30,34,36);7-13H2,1-6H3,(H,22,26,28);3-7H2,1-2H3,(H,14,18,20). The number of Topliss-reactive ketones (excluding diaryl/α,β-unsaturated/α-hetero) is 3. The zero-order chi connectivity index (χ0) is 65.4. The van der Waals surface area contributed by atoms with Crippen LogP contribution >= 0.6 is 68.0 Å². The maximum atomic E-state index is 14.1.